The molecule has 3 rings (SSSR count). The van der Waals surface area contributed by atoms with Crippen molar-refractivity contribution in [2.24, 2.45) is 0 Å². The van der Waals surface area contributed by atoms with Crippen molar-refractivity contribution in [3.8, 4) is 0 Å². The fourth-order valence-electron chi connectivity index (χ4n) is 2.55. The van der Waals surface area contributed by atoms with Gasteiger partial charge in [0.05, 0.1) is 0 Å². The van der Waals surface area contributed by atoms with Gasteiger partial charge in [-0.2, -0.15) is 0 Å². The quantitative estimate of drug-likeness (QED) is 0.370. The van der Waals surface area contributed by atoms with Gasteiger partial charge in [-0.1, -0.05) is 54.6 Å². The molecule has 0 atom stereocenters. The smallest absolute Gasteiger partial charge is 0.167 e. The summed E-state index contributed by atoms with van der Waals surface area (Å²) >= 11 is 0. The zero-order chi connectivity index (χ0) is 13.2. The molecular weight excluding hydrogens is 232 g/mol. The zero-order valence-electron chi connectivity index (χ0n) is 10.6. The van der Waals surface area contributed by atoms with Crippen molar-refractivity contribution in [3.63, 3.8) is 0 Å². The van der Waals surface area contributed by atoms with Crippen LogP contribution in [0.25, 0.3) is 21.5 Å². The largest absolute Gasteiger partial charge is 0.294 e. The van der Waals surface area contributed by atoms with Crippen molar-refractivity contribution >= 4 is 27.3 Å². The van der Waals surface area contributed by atoms with E-state index in [4.69, 9.17) is 0 Å². The first kappa shape index (κ1) is 11.7. The first-order valence-corrected chi connectivity index (χ1v) is 6.36. The van der Waals surface area contributed by atoms with E-state index in [1.807, 2.05) is 48.5 Å². The highest BCUT2D eigenvalue weighted by molar-refractivity contribution is 6.19. The van der Waals surface area contributed by atoms with Crippen LogP contribution in [-0.2, 0) is 0 Å². The maximum atomic E-state index is 12.4. The molecule has 1 nitrogen and oxygen atoms in total. The summed E-state index contributed by atoms with van der Waals surface area (Å²) in [5.74, 6) is 0.128. The summed E-state index contributed by atoms with van der Waals surface area (Å²) in [6.45, 7) is 3.67. The average Bonchev–Trinajstić information content (AvgIpc) is 2.44. The van der Waals surface area contributed by atoms with E-state index in [0.29, 0.717) is 6.42 Å². The predicted molar refractivity (Wildman–Crippen MR) is 80.6 cm³/mol. The molecule has 92 valence electrons. The first-order valence-electron chi connectivity index (χ1n) is 6.36. The SMILES string of the molecule is C=CCC(=O)c1c2ccccc2cc2ccccc12. The fraction of sp³-hybridized carbons (Fsp3) is 0.0556. The molecule has 1 heteroatoms. The number of carbonyl (C=O) groups is 1. The molecule has 0 heterocycles. The molecule has 0 aliphatic rings. The van der Waals surface area contributed by atoms with Crippen LogP contribution in [0, 0.1) is 0 Å². The Balaban J connectivity index is 2.46. The van der Waals surface area contributed by atoms with Crippen LogP contribution in [0.4, 0.5) is 0 Å². The van der Waals surface area contributed by atoms with Crippen LogP contribution in [0.5, 0.6) is 0 Å². The van der Waals surface area contributed by atoms with E-state index in [-0.39, 0.29) is 5.78 Å². The Morgan fingerprint density at radius 3 is 2.00 bits per heavy atom. The third-order valence-corrected chi connectivity index (χ3v) is 3.38. The van der Waals surface area contributed by atoms with Crippen LogP contribution in [0.3, 0.4) is 0 Å². The average molecular weight is 246 g/mol. The third kappa shape index (κ3) is 1.93. The second kappa shape index (κ2) is 4.69. The van der Waals surface area contributed by atoms with Gasteiger partial charge in [0.2, 0.25) is 0 Å². The molecule has 0 amide bonds. The van der Waals surface area contributed by atoms with Crippen molar-refractivity contribution in [1.82, 2.24) is 0 Å². The lowest BCUT2D eigenvalue weighted by Gasteiger charge is -2.09. The fourth-order valence-corrected chi connectivity index (χ4v) is 2.55. The number of hydrogen-bond acceptors (Lipinski definition) is 1. The minimum absolute atomic E-state index is 0.128. The molecule has 0 aliphatic carbocycles. The van der Waals surface area contributed by atoms with E-state index in [1.54, 1.807) is 6.08 Å². The number of Topliss-reactive ketones (excluding diaryl/α,β-unsaturated/α-hetero) is 1. The molecule has 0 bridgehead atoms. The van der Waals surface area contributed by atoms with E-state index in [1.165, 1.54) is 0 Å². The summed E-state index contributed by atoms with van der Waals surface area (Å²) in [6, 6.07) is 18.2. The molecule has 0 aliphatic heterocycles. The Kier molecular flexibility index (Phi) is 2.88. The molecule has 0 N–H and O–H groups in total. The second-order valence-electron chi connectivity index (χ2n) is 4.61. The lowest BCUT2D eigenvalue weighted by atomic mass is 9.93. The first-order chi connectivity index (χ1) is 9.31. The highest BCUT2D eigenvalue weighted by atomic mass is 16.1. The number of benzene rings is 3. The predicted octanol–water partition coefficient (Wildman–Crippen LogP) is 4.75. The molecule has 0 radical (unpaired) electrons. The number of fused-ring (bicyclic) bond motifs is 2. The number of ketones is 1. The van der Waals surface area contributed by atoms with Gasteiger partial charge in [-0.3, -0.25) is 4.79 Å². The second-order valence-corrected chi connectivity index (χ2v) is 4.61. The lowest BCUT2D eigenvalue weighted by molar-refractivity contribution is 0.0999. The van der Waals surface area contributed by atoms with Gasteiger partial charge in [0.25, 0.3) is 0 Å². The maximum Gasteiger partial charge on any atom is 0.167 e. The van der Waals surface area contributed by atoms with E-state index in [9.17, 15) is 4.79 Å². The summed E-state index contributed by atoms with van der Waals surface area (Å²) in [6.07, 6.45) is 2.04. The van der Waals surface area contributed by atoms with Gasteiger partial charge in [0.1, 0.15) is 0 Å². The minimum Gasteiger partial charge on any atom is -0.294 e. The summed E-state index contributed by atoms with van der Waals surface area (Å²) in [4.78, 5) is 12.4. The highest BCUT2D eigenvalue weighted by Gasteiger charge is 2.13. The number of hydrogen-bond donors (Lipinski definition) is 0. The van der Waals surface area contributed by atoms with Crippen molar-refractivity contribution in [2.75, 3.05) is 0 Å². The summed E-state index contributed by atoms with van der Waals surface area (Å²) in [5.41, 5.74) is 0.814. The van der Waals surface area contributed by atoms with Gasteiger partial charge in [-0.05, 0) is 27.6 Å². The van der Waals surface area contributed by atoms with Crippen molar-refractivity contribution < 1.29 is 4.79 Å². The monoisotopic (exact) mass is 246 g/mol. The molecule has 0 unspecified atom stereocenters. The van der Waals surface area contributed by atoms with Crippen LogP contribution >= 0.6 is 0 Å². The van der Waals surface area contributed by atoms with Crippen molar-refractivity contribution in [3.05, 3.63) is 72.8 Å². The molecule has 3 aromatic carbocycles. The van der Waals surface area contributed by atoms with Gasteiger partial charge < -0.3 is 0 Å². The number of carbonyl (C=O) groups excluding carboxylic acids is 1. The Morgan fingerprint density at radius 2 is 1.47 bits per heavy atom. The van der Waals surface area contributed by atoms with E-state index >= 15 is 0 Å². The molecule has 0 fully saturated rings. The standard InChI is InChI=1S/C18H14O/c1-2-7-17(19)18-15-10-5-3-8-13(15)12-14-9-4-6-11-16(14)18/h2-6,8-12H,1,7H2. The highest BCUT2D eigenvalue weighted by Crippen LogP contribution is 2.29. The van der Waals surface area contributed by atoms with Gasteiger partial charge >= 0.3 is 0 Å². The minimum atomic E-state index is 0.128. The summed E-state index contributed by atoms with van der Waals surface area (Å²) in [5, 5.41) is 4.25. The van der Waals surface area contributed by atoms with Gasteiger partial charge in [-0.25, -0.2) is 0 Å². The van der Waals surface area contributed by atoms with Crippen LogP contribution in [-0.4, -0.2) is 5.78 Å². The van der Waals surface area contributed by atoms with Crippen molar-refractivity contribution in [1.29, 1.82) is 0 Å². The normalized spacial score (nSPS) is 10.7. The molecule has 0 spiro atoms. The van der Waals surface area contributed by atoms with Gasteiger partial charge in [0, 0.05) is 12.0 Å². The van der Waals surface area contributed by atoms with Crippen LogP contribution in [0.15, 0.2) is 67.3 Å². The number of rotatable bonds is 3. The molecule has 19 heavy (non-hydrogen) atoms. The van der Waals surface area contributed by atoms with Gasteiger partial charge in [-0.15, -0.1) is 6.58 Å². The molecule has 3 aromatic rings. The van der Waals surface area contributed by atoms with Crippen molar-refractivity contribution in [2.45, 2.75) is 6.42 Å². The molecule has 0 aromatic heterocycles. The Hall–Kier alpha value is -2.41. The topological polar surface area (TPSA) is 17.1 Å². The molecule has 0 saturated heterocycles. The maximum absolute atomic E-state index is 12.4. The third-order valence-electron chi connectivity index (χ3n) is 3.38. The van der Waals surface area contributed by atoms with Crippen LogP contribution in [0.1, 0.15) is 16.8 Å². The van der Waals surface area contributed by atoms with E-state index in [0.717, 1.165) is 27.1 Å². The van der Waals surface area contributed by atoms with Crippen LogP contribution in [0.2, 0.25) is 0 Å². The summed E-state index contributed by atoms with van der Waals surface area (Å²) < 4.78 is 0. The lowest BCUT2D eigenvalue weighted by Crippen LogP contribution is -2.00. The van der Waals surface area contributed by atoms with Gasteiger partial charge in [0.15, 0.2) is 5.78 Å². The molecule has 0 saturated carbocycles. The van der Waals surface area contributed by atoms with E-state index < -0.39 is 0 Å². The Labute approximate surface area is 112 Å². The Bertz CT molecular complexity index is 730. The van der Waals surface area contributed by atoms with Crippen LogP contribution < -0.4 is 0 Å². The Morgan fingerprint density at radius 1 is 0.947 bits per heavy atom. The molecular formula is C18H14O. The number of allylic oxidation sites excluding steroid dienone is 1. The van der Waals surface area contributed by atoms with E-state index in [2.05, 4.69) is 12.6 Å². The zero-order valence-corrected chi connectivity index (χ0v) is 10.6. The summed E-state index contributed by atoms with van der Waals surface area (Å²) in [7, 11) is 0.